The molecule has 1 aliphatic heterocycles. The Balaban J connectivity index is 1.32. The second-order valence-electron chi connectivity index (χ2n) is 7.24. The lowest BCUT2D eigenvalue weighted by atomic mass is 10.2. The highest BCUT2D eigenvalue weighted by Crippen LogP contribution is 2.09. The summed E-state index contributed by atoms with van der Waals surface area (Å²) in [6, 6.07) is 16.2. The minimum absolute atomic E-state index is 0.192. The number of rotatable bonds is 9. The molecule has 2 aromatic carbocycles. The van der Waals surface area contributed by atoms with E-state index in [0.717, 1.165) is 45.7 Å². The Hall–Kier alpha value is -1.80. The summed E-state index contributed by atoms with van der Waals surface area (Å²) in [5, 5.41) is 0. The van der Waals surface area contributed by atoms with Crippen molar-refractivity contribution in [3.8, 4) is 0 Å². The van der Waals surface area contributed by atoms with Crippen molar-refractivity contribution in [3.05, 3.63) is 71.5 Å². The van der Waals surface area contributed by atoms with E-state index in [4.69, 9.17) is 0 Å². The van der Waals surface area contributed by atoms with Crippen LogP contribution < -0.4 is 4.72 Å². The van der Waals surface area contributed by atoms with Crippen molar-refractivity contribution >= 4 is 10.0 Å². The van der Waals surface area contributed by atoms with Gasteiger partial charge in [-0.15, -0.1) is 0 Å². The zero-order valence-electron chi connectivity index (χ0n) is 16.1. The van der Waals surface area contributed by atoms with Crippen molar-refractivity contribution in [2.75, 3.05) is 39.3 Å². The van der Waals surface area contributed by atoms with Crippen LogP contribution in [0.5, 0.6) is 0 Å². The predicted octanol–water partition coefficient (Wildman–Crippen LogP) is 2.45. The molecule has 0 spiro atoms. The van der Waals surface area contributed by atoms with Crippen molar-refractivity contribution in [1.82, 2.24) is 14.5 Å². The summed E-state index contributed by atoms with van der Waals surface area (Å²) >= 11 is 0. The van der Waals surface area contributed by atoms with Crippen molar-refractivity contribution in [3.63, 3.8) is 0 Å². The number of benzene rings is 2. The molecule has 152 valence electrons. The number of piperazine rings is 1. The van der Waals surface area contributed by atoms with E-state index >= 15 is 0 Å². The van der Waals surface area contributed by atoms with Crippen LogP contribution in [0.25, 0.3) is 0 Å². The fraction of sp³-hybridized carbons (Fsp3) is 0.429. The maximum atomic E-state index is 13.2. The van der Waals surface area contributed by atoms with Gasteiger partial charge < -0.3 is 4.90 Å². The average molecular weight is 406 g/mol. The van der Waals surface area contributed by atoms with Crippen LogP contribution in [-0.2, 0) is 22.3 Å². The number of hydrogen-bond donors (Lipinski definition) is 1. The van der Waals surface area contributed by atoms with Gasteiger partial charge in [-0.2, -0.15) is 0 Å². The number of nitrogens with one attached hydrogen (secondary N) is 1. The van der Waals surface area contributed by atoms with E-state index in [-0.39, 0.29) is 5.75 Å². The van der Waals surface area contributed by atoms with E-state index in [0.29, 0.717) is 12.1 Å². The number of hydrogen-bond acceptors (Lipinski definition) is 4. The summed E-state index contributed by atoms with van der Waals surface area (Å²) in [5.74, 6) is -0.609. The molecule has 0 radical (unpaired) electrons. The maximum absolute atomic E-state index is 13.2. The molecule has 7 heteroatoms. The largest absolute Gasteiger partial charge is 0.301 e. The Morgan fingerprint density at radius 2 is 1.57 bits per heavy atom. The van der Waals surface area contributed by atoms with E-state index < -0.39 is 15.8 Å². The molecule has 28 heavy (non-hydrogen) atoms. The summed E-state index contributed by atoms with van der Waals surface area (Å²) in [7, 11) is -3.44. The van der Waals surface area contributed by atoms with Crippen LogP contribution in [0.1, 0.15) is 17.5 Å². The summed E-state index contributed by atoms with van der Waals surface area (Å²) in [6.45, 7) is 6.32. The van der Waals surface area contributed by atoms with E-state index in [2.05, 4.69) is 38.8 Å². The van der Waals surface area contributed by atoms with Crippen LogP contribution in [0.4, 0.5) is 4.39 Å². The zero-order valence-corrected chi connectivity index (χ0v) is 16.9. The lowest BCUT2D eigenvalue weighted by molar-refractivity contribution is 0.126. The van der Waals surface area contributed by atoms with Gasteiger partial charge in [-0.1, -0.05) is 42.5 Å². The Morgan fingerprint density at radius 3 is 2.29 bits per heavy atom. The van der Waals surface area contributed by atoms with Gasteiger partial charge in [-0.05, 0) is 36.2 Å². The maximum Gasteiger partial charge on any atom is 0.215 e. The smallest absolute Gasteiger partial charge is 0.215 e. The first kappa shape index (κ1) is 20.9. The third kappa shape index (κ3) is 6.98. The topological polar surface area (TPSA) is 52.7 Å². The number of nitrogens with zero attached hydrogens (tertiary/aromatic N) is 2. The van der Waals surface area contributed by atoms with Crippen LogP contribution in [0.2, 0.25) is 0 Å². The molecule has 1 aliphatic rings. The van der Waals surface area contributed by atoms with Gasteiger partial charge in [0.15, 0.2) is 0 Å². The van der Waals surface area contributed by atoms with E-state index in [1.165, 1.54) is 23.8 Å². The summed E-state index contributed by atoms with van der Waals surface area (Å²) in [4.78, 5) is 4.83. The SMILES string of the molecule is O=S(=O)(Cc1cccc(F)c1)NCCCN1CCN(Cc2ccccc2)CC1. The summed E-state index contributed by atoms with van der Waals surface area (Å²) in [6.07, 6.45) is 0.765. The molecule has 2 aromatic rings. The monoisotopic (exact) mass is 405 g/mol. The minimum Gasteiger partial charge on any atom is -0.301 e. The van der Waals surface area contributed by atoms with Crippen LogP contribution in [0.15, 0.2) is 54.6 Å². The molecule has 0 atom stereocenters. The molecule has 5 nitrogen and oxygen atoms in total. The molecule has 0 bridgehead atoms. The molecule has 1 N–H and O–H groups in total. The first-order valence-corrected chi connectivity index (χ1v) is 11.4. The molecule has 0 unspecified atom stereocenters. The molecular formula is C21H28FN3O2S. The first-order chi connectivity index (χ1) is 13.5. The fourth-order valence-corrected chi connectivity index (χ4v) is 4.62. The number of sulfonamides is 1. The third-order valence-electron chi connectivity index (χ3n) is 4.93. The second kappa shape index (κ2) is 10.1. The van der Waals surface area contributed by atoms with Crippen molar-refractivity contribution in [2.24, 2.45) is 0 Å². The van der Waals surface area contributed by atoms with Crippen molar-refractivity contribution in [1.29, 1.82) is 0 Å². The summed E-state index contributed by atoms with van der Waals surface area (Å²) in [5.41, 5.74) is 1.80. The Labute approximate surface area is 167 Å². The molecule has 1 saturated heterocycles. The first-order valence-electron chi connectivity index (χ1n) is 9.71. The van der Waals surface area contributed by atoms with Crippen molar-refractivity contribution < 1.29 is 12.8 Å². The van der Waals surface area contributed by atoms with Gasteiger partial charge in [0.25, 0.3) is 0 Å². The molecule has 1 fully saturated rings. The summed E-state index contributed by atoms with van der Waals surface area (Å²) < 4.78 is 40.1. The fourth-order valence-electron chi connectivity index (χ4n) is 3.44. The van der Waals surface area contributed by atoms with Crippen LogP contribution >= 0.6 is 0 Å². The quantitative estimate of drug-likeness (QED) is 0.651. The average Bonchev–Trinajstić information content (AvgIpc) is 2.67. The predicted molar refractivity (Wildman–Crippen MR) is 110 cm³/mol. The van der Waals surface area contributed by atoms with E-state index in [9.17, 15) is 12.8 Å². The third-order valence-corrected chi connectivity index (χ3v) is 6.29. The number of halogens is 1. The molecule has 0 aliphatic carbocycles. The lowest BCUT2D eigenvalue weighted by Crippen LogP contribution is -2.46. The Kier molecular flexibility index (Phi) is 7.56. The highest BCUT2D eigenvalue weighted by Gasteiger charge is 2.17. The molecule has 0 amide bonds. The zero-order chi connectivity index (χ0) is 19.8. The van der Waals surface area contributed by atoms with Crippen LogP contribution in [0, 0.1) is 5.82 Å². The van der Waals surface area contributed by atoms with Gasteiger partial charge in [0.1, 0.15) is 5.82 Å². The minimum atomic E-state index is -3.44. The normalized spacial score (nSPS) is 16.3. The van der Waals surface area contributed by atoms with Gasteiger partial charge in [-0.25, -0.2) is 17.5 Å². The van der Waals surface area contributed by atoms with Gasteiger partial charge in [0.2, 0.25) is 10.0 Å². The van der Waals surface area contributed by atoms with Gasteiger partial charge in [0.05, 0.1) is 5.75 Å². The highest BCUT2D eigenvalue weighted by molar-refractivity contribution is 7.88. The van der Waals surface area contributed by atoms with E-state index in [1.54, 1.807) is 6.07 Å². The Bertz CT molecular complexity index is 838. The standard InChI is InChI=1S/C21H28FN3O2S/c22-21-9-4-8-20(16-21)18-28(26,27)23-10-5-11-24-12-14-25(15-13-24)17-19-6-2-1-3-7-19/h1-4,6-9,16,23H,5,10-15,17-18H2. The molecule has 1 heterocycles. The second-order valence-corrected chi connectivity index (χ2v) is 9.05. The van der Waals surface area contributed by atoms with Gasteiger partial charge in [-0.3, -0.25) is 4.90 Å². The van der Waals surface area contributed by atoms with Crippen LogP contribution in [-0.4, -0.2) is 57.5 Å². The molecule has 0 aromatic heterocycles. The molecule has 0 saturated carbocycles. The molecular weight excluding hydrogens is 377 g/mol. The van der Waals surface area contributed by atoms with Gasteiger partial charge in [0, 0.05) is 39.3 Å². The lowest BCUT2D eigenvalue weighted by Gasteiger charge is -2.34. The highest BCUT2D eigenvalue weighted by atomic mass is 32.2. The Morgan fingerprint density at radius 1 is 0.893 bits per heavy atom. The van der Waals surface area contributed by atoms with Gasteiger partial charge >= 0.3 is 0 Å². The van der Waals surface area contributed by atoms with E-state index in [1.807, 2.05) is 6.07 Å². The van der Waals surface area contributed by atoms with Crippen molar-refractivity contribution in [2.45, 2.75) is 18.7 Å². The van der Waals surface area contributed by atoms with Crippen LogP contribution in [0.3, 0.4) is 0 Å². The molecule has 3 rings (SSSR count).